The first-order valence-corrected chi connectivity index (χ1v) is 9.13. The van der Waals surface area contributed by atoms with Crippen LogP contribution in [0.3, 0.4) is 0 Å². The summed E-state index contributed by atoms with van der Waals surface area (Å²) in [7, 11) is 5.21. The van der Waals surface area contributed by atoms with Crippen molar-refractivity contribution in [3.05, 3.63) is 46.5 Å². The second-order valence-corrected chi connectivity index (χ2v) is 7.51. The predicted molar refractivity (Wildman–Crippen MR) is 97.6 cm³/mol. The fourth-order valence-corrected chi connectivity index (χ4v) is 4.73. The van der Waals surface area contributed by atoms with Crippen molar-refractivity contribution in [2.24, 2.45) is 0 Å². The van der Waals surface area contributed by atoms with Crippen molar-refractivity contribution in [3.63, 3.8) is 0 Å². The van der Waals surface area contributed by atoms with E-state index in [1.807, 2.05) is 19.2 Å². The van der Waals surface area contributed by atoms with Gasteiger partial charge in [-0.05, 0) is 29.3 Å². The molecule has 0 saturated carbocycles. The molecule has 0 spiro atoms. The number of ether oxygens (including phenoxy) is 4. The van der Waals surface area contributed by atoms with E-state index in [0.29, 0.717) is 21.5 Å². The Kier molecular flexibility index (Phi) is 3.43. The molecule has 6 nitrogen and oxygen atoms in total. The highest BCUT2D eigenvalue weighted by Gasteiger charge is 2.51. The smallest absolute Gasteiger partial charge is 0.350 e. The maximum atomic E-state index is 13.6. The summed E-state index contributed by atoms with van der Waals surface area (Å²) in [6, 6.07) is 8.07. The molecule has 140 valence electrons. The van der Waals surface area contributed by atoms with Gasteiger partial charge in [-0.25, -0.2) is 4.79 Å². The van der Waals surface area contributed by atoms with Crippen LogP contribution in [0.4, 0.5) is 0 Å². The Bertz CT molecular complexity index is 970. The predicted octanol–water partition coefficient (Wildman–Crippen LogP) is 2.87. The zero-order valence-corrected chi connectivity index (χ0v) is 15.7. The number of rotatable bonds is 2. The van der Waals surface area contributed by atoms with Crippen LogP contribution in [0.5, 0.6) is 23.0 Å². The standard InChI is InChI=1S/C21H22NO5/c1-22-7-6-12-9-17-18(27-11-26-17)10-14(12)15(22)8-13-4-5-16(24-2)20(25-3)19(13)21(22)23/h4-5,9-10,15H,6-8,11H2,1-3H3/q+1. The van der Waals surface area contributed by atoms with Crippen molar-refractivity contribution in [1.29, 1.82) is 0 Å². The highest BCUT2D eigenvalue weighted by atomic mass is 16.7. The van der Waals surface area contributed by atoms with Crippen molar-refractivity contribution in [1.82, 2.24) is 0 Å². The second kappa shape index (κ2) is 5.63. The molecule has 27 heavy (non-hydrogen) atoms. The Labute approximate surface area is 157 Å². The topological polar surface area (TPSA) is 54.0 Å². The third-order valence-electron chi connectivity index (χ3n) is 6.25. The zero-order chi connectivity index (χ0) is 18.8. The first-order valence-electron chi connectivity index (χ1n) is 9.13. The van der Waals surface area contributed by atoms with Gasteiger partial charge in [-0.15, -0.1) is 0 Å². The Morgan fingerprint density at radius 2 is 1.85 bits per heavy atom. The van der Waals surface area contributed by atoms with Gasteiger partial charge in [0.1, 0.15) is 11.6 Å². The van der Waals surface area contributed by atoms with E-state index in [1.54, 1.807) is 14.2 Å². The van der Waals surface area contributed by atoms with Crippen LogP contribution in [0, 0.1) is 0 Å². The van der Waals surface area contributed by atoms with E-state index >= 15 is 0 Å². The van der Waals surface area contributed by atoms with Crippen LogP contribution in [-0.2, 0) is 12.8 Å². The molecule has 0 fully saturated rings. The largest absolute Gasteiger partial charge is 0.493 e. The van der Waals surface area contributed by atoms with Gasteiger partial charge < -0.3 is 18.9 Å². The summed E-state index contributed by atoms with van der Waals surface area (Å²) in [5.41, 5.74) is 4.09. The lowest BCUT2D eigenvalue weighted by molar-refractivity contribution is -0.865. The molecule has 0 aromatic heterocycles. The van der Waals surface area contributed by atoms with Crippen molar-refractivity contribution < 1.29 is 28.2 Å². The molecule has 0 bridgehead atoms. The lowest BCUT2D eigenvalue weighted by Gasteiger charge is -2.46. The van der Waals surface area contributed by atoms with Crippen LogP contribution in [0.1, 0.15) is 33.1 Å². The lowest BCUT2D eigenvalue weighted by Crippen LogP contribution is -2.58. The molecule has 1 amide bonds. The van der Waals surface area contributed by atoms with Gasteiger partial charge >= 0.3 is 5.91 Å². The number of nitrogens with zero attached hydrogens (tertiary/aromatic N) is 1. The van der Waals surface area contributed by atoms with Gasteiger partial charge in [-0.1, -0.05) is 6.07 Å². The summed E-state index contributed by atoms with van der Waals surface area (Å²) in [6.45, 7) is 1.00. The number of quaternary nitrogens is 1. The number of likely N-dealkylation sites (N-methyl/N-ethyl adjacent to an activating group) is 1. The number of amides is 1. The van der Waals surface area contributed by atoms with Crippen LogP contribution < -0.4 is 18.9 Å². The Balaban J connectivity index is 1.68. The number of hydrogen-bond donors (Lipinski definition) is 0. The van der Waals surface area contributed by atoms with Gasteiger partial charge in [-0.3, -0.25) is 4.48 Å². The van der Waals surface area contributed by atoms with E-state index < -0.39 is 0 Å². The molecule has 2 aromatic rings. The number of carbonyl (C=O) groups excluding carboxylic acids is 1. The van der Waals surface area contributed by atoms with E-state index in [1.165, 1.54) is 11.1 Å². The van der Waals surface area contributed by atoms with Crippen LogP contribution >= 0.6 is 0 Å². The van der Waals surface area contributed by atoms with Gasteiger partial charge in [-0.2, -0.15) is 0 Å². The summed E-state index contributed by atoms with van der Waals surface area (Å²) >= 11 is 0. The molecular weight excluding hydrogens is 346 g/mol. The molecule has 3 aliphatic heterocycles. The Morgan fingerprint density at radius 1 is 1.07 bits per heavy atom. The molecule has 2 aromatic carbocycles. The van der Waals surface area contributed by atoms with Crippen molar-refractivity contribution in [2.75, 3.05) is 34.6 Å². The summed E-state index contributed by atoms with van der Waals surface area (Å²) in [5.74, 6) is 2.79. The minimum Gasteiger partial charge on any atom is -0.493 e. The summed E-state index contributed by atoms with van der Waals surface area (Å²) in [4.78, 5) is 13.6. The van der Waals surface area contributed by atoms with Gasteiger partial charge in [0.15, 0.2) is 23.0 Å². The molecule has 6 heteroatoms. The molecule has 0 radical (unpaired) electrons. The van der Waals surface area contributed by atoms with Gasteiger partial charge in [0, 0.05) is 18.4 Å². The number of methoxy groups -OCH3 is 2. The van der Waals surface area contributed by atoms with Crippen LogP contribution in [0.2, 0.25) is 0 Å². The fraction of sp³-hybridized carbons (Fsp3) is 0.381. The monoisotopic (exact) mass is 368 g/mol. The van der Waals surface area contributed by atoms with Crippen molar-refractivity contribution >= 4 is 5.91 Å². The minimum absolute atomic E-state index is 0.0568. The third kappa shape index (κ3) is 2.13. The van der Waals surface area contributed by atoms with Gasteiger partial charge in [0.05, 0.1) is 27.8 Å². The molecular formula is C21H22NO5+. The van der Waals surface area contributed by atoms with Gasteiger partial charge in [0.25, 0.3) is 0 Å². The third-order valence-corrected chi connectivity index (χ3v) is 6.25. The first kappa shape index (κ1) is 16.4. The average molecular weight is 368 g/mol. The van der Waals surface area contributed by atoms with Crippen molar-refractivity contribution in [2.45, 2.75) is 18.9 Å². The molecule has 2 unspecified atom stereocenters. The SMILES string of the molecule is COc1ccc2c(c1OC)C(=O)[N+]1(C)CCc3cc4c(cc3C1C2)OCO4. The summed E-state index contributed by atoms with van der Waals surface area (Å²) < 4.78 is 22.4. The highest BCUT2D eigenvalue weighted by molar-refractivity contribution is 5.96. The molecule has 3 aliphatic rings. The van der Waals surface area contributed by atoms with E-state index in [4.69, 9.17) is 18.9 Å². The summed E-state index contributed by atoms with van der Waals surface area (Å²) in [6.07, 6.45) is 1.59. The fourth-order valence-electron chi connectivity index (χ4n) is 4.73. The normalized spacial score (nSPS) is 24.7. The number of fused-ring (bicyclic) bond motifs is 5. The van der Waals surface area contributed by atoms with Gasteiger partial charge in [0.2, 0.25) is 6.79 Å². The minimum atomic E-state index is 0.0568. The summed E-state index contributed by atoms with van der Waals surface area (Å²) in [5, 5.41) is 0. The maximum absolute atomic E-state index is 13.6. The van der Waals surface area contributed by atoms with Crippen molar-refractivity contribution in [3.8, 4) is 23.0 Å². The van der Waals surface area contributed by atoms with E-state index in [-0.39, 0.29) is 18.7 Å². The highest BCUT2D eigenvalue weighted by Crippen LogP contribution is 2.49. The molecule has 5 rings (SSSR count). The van der Waals surface area contributed by atoms with Crippen LogP contribution in [0.15, 0.2) is 24.3 Å². The van der Waals surface area contributed by atoms with E-state index in [2.05, 4.69) is 12.1 Å². The lowest BCUT2D eigenvalue weighted by atomic mass is 9.81. The Morgan fingerprint density at radius 3 is 2.59 bits per heavy atom. The number of hydrogen-bond acceptors (Lipinski definition) is 5. The maximum Gasteiger partial charge on any atom is 0.350 e. The Hall–Kier alpha value is -2.73. The quantitative estimate of drug-likeness (QED) is 0.763. The van der Waals surface area contributed by atoms with E-state index in [0.717, 1.165) is 36.4 Å². The second-order valence-electron chi connectivity index (χ2n) is 7.51. The zero-order valence-electron chi connectivity index (χ0n) is 15.7. The number of carbonyl (C=O) groups is 1. The molecule has 0 N–H and O–H groups in total. The first-order chi connectivity index (χ1) is 13.1. The van der Waals surface area contributed by atoms with Crippen LogP contribution in [-0.4, -0.2) is 45.0 Å². The van der Waals surface area contributed by atoms with Crippen LogP contribution in [0.25, 0.3) is 0 Å². The molecule has 3 heterocycles. The molecule has 2 atom stereocenters. The average Bonchev–Trinajstić information content (AvgIpc) is 3.14. The molecule has 0 saturated heterocycles. The molecule has 0 aliphatic carbocycles. The number of benzene rings is 2. The van der Waals surface area contributed by atoms with E-state index in [9.17, 15) is 4.79 Å².